The van der Waals surface area contributed by atoms with Gasteiger partial charge in [-0.15, -0.1) is 0 Å². The van der Waals surface area contributed by atoms with Gasteiger partial charge in [-0.1, -0.05) is 6.07 Å². The number of aromatic nitrogens is 2. The summed E-state index contributed by atoms with van der Waals surface area (Å²) in [6, 6.07) is 8.18. The van der Waals surface area contributed by atoms with Crippen LogP contribution in [0, 0.1) is 10.1 Å². The van der Waals surface area contributed by atoms with Crippen molar-refractivity contribution in [3.8, 4) is 11.4 Å². The van der Waals surface area contributed by atoms with E-state index in [1.54, 1.807) is 37.5 Å². The summed E-state index contributed by atoms with van der Waals surface area (Å²) in [6.07, 6.45) is 1.58. The van der Waals surface area contributed by atoms with E-state index in [9.17, 15) is 10.1 Å². The Morgan fingerprint density at radius 2 is 2.12 bits per heavy atom. The van der Waals surface area contributed by atoms with Crippen molar-refractivity contribution in [1.82, 2.24) is 9.97 Å². The highest BCUT2D eigenvalue weighted by atomic mass is 16.6. The maximum atomic E-state index is 10.9. The molecule has 2 heterocycles. The van der Waals surface area contributed by atoms with Crippen LogP contribution in [0.3, 0.4) is 0 Å². The minimum atomic E-state index is -0.462. The Morgan fingerprint density at radius 3 is 2.71 bits per heavy atom. The third-order valence-corrected chi connectivity index (χ3v) is 2.23. The van der Waals surface area contributed by atoms with E-state index in [4.69, 9.17) is 0 Å². The Bertz CT molecular complexity index is 542. The lowest BCUT2D eigenvalue weighted by molar-refractivity contribution is -0.384. The molecule has 0 amide bonds. The van der Waals surface area contributed by atoms with Crippen LogP contribution in [0.4, 0.5) is 11.5 Å². The van der Waals surface area contributed by atoms with E-state index in [1.807, 2.05) is 0 Å². The molecule has 6 heteroatoms. The molecule has 0 saturated carbocycles. The van der Waals surface area contributed by atoms with Crippen molar-refractivity contribution in [3.63, 3.8) is 0 Å². The number of nitro groups is 1. The van der Waals surface area contributed by atoms with Crippen molar-refractivity contribution in [2.75, 3.05) is 12.4 Å². The average molecular weight is 230 g/mol. The molecule has 86 valence electrons. The number of rotatable bonds is 3. The third-order valence-electron chi connectivity index (χ3n) is 2.23. The Kier molecular flexibility index (Phi) is 2.95. The summed E-state index contributed by atoms with van der Waals surface area (Å²) < 4.78 is 0. The molecule has 0 atom stereocenters. The minimum absolute atomic E-state index is 0.0531. The second kappa shape index (κ2) is 4.56. The number of hydrogen-bond donors (Lipinski definition) is 1. The van der Waals surface area contributed by atoms with Crippen molar-refractivity contribution in [1.29, 1.82) is 0 Å². The molecule has 0 fully saturated rings. The van der Waals surface area contributed by atoms with Crippen molar-refractivity contribution >= 4 is 11.5 Å². The van der Waals surface area contributed by atoms with Gasteiger partial charge in [0.05, 0.1) is 10.6 Å². The van der Waals surface area contributed by atoms with Crippen LogP contribution in [0.25, 0.3) is 11.4 Å². The van der Waals surface area contributed by atoms with E-state index in [-0.39, 0.29) is 11.4 Å². The summed E-state index contributed by atoms with van der Waals surface area (Å²) in [6.45, 7) is 0. The predicted octanol–water partition coefficient (Wildman–Crippen LogP) is 2.09. The zero-order valence-corrected chi connectivity index (χ0v) is 9.12. The molecule has 0 radical (unpaired) electrons. The molecule has 0 saturated heterocycles. The van der Waals surface area contributed by atoms with Gasteiger partial charge < -0.3 is 5.32 Å². The second-order valence-corrected chi connectivity index (χ2v) is 3.29. The van der Waals surface area contributed by atoms with Crippen LogP contribution in [-0.2, 0) is 0 Å². The van der Waals surface area contributed by atoms with Crippen molar-refractivity contribution in [2.24, 2.45) is 0 Å². The average Bonchev–Trinajstić information content (AvgIpc) is 2.39. The fraction of sp³-hybridized carbons (Fsp3) is 0.0909. The first-order valence-electron chi connectivity index (χ1n) is 4.97. The van der Waals surface area contributed by atoms with E-state index in [1.165, 1.54) is 6.07 Å². The molecule has 0 aliphatic carbocycles. The van der Waals surface area contributed by atoms with Gasteiger partial charge in [-0.2, -0.15) is 0 Å². The summed E-state index contributed by atoms with van der Waals surface area (Å²) in [7, 11) is 1.70. The van der Waals surface area contributed by atoms with Crippen LogP contribution >= 0.6 is 0 Å². The van der Waals surface area contributed by atoms with Gasteiger partial charge in [0.25, 0.3) is 5.69 Å². The number of anilines is 1. The monoisotopic (exact) mass is 230 g/mol. The van der Waals surface area contributed by atoms with E-state index in [0.29, 0.717) is 11.5 Å². The van der Waals surface area contributed by atoms with Gasteiger partial charge in [-0.3, -0.25) is 15.1 Å². The lowest BCUT2D eigenvalue weighted by Crippen LogP contribution is -1.99. The highest BCUT2D eigenvalue weighted by Crippen LogP contribution is 2.27. The molecule has 2 aromatic heterocycles. The largest absolute Gasteiger partial charge is 0.373 e. The van der Waals surface area contributed by atoms with Crippen LogP contribution in [0.1, 0.15) is 0 Å². The zero-order chi connectivity index (χ0) is 12.3. The Hall–Kier alpha value is -2.50. The molecule has 17 heavy (non-hydrogen) atoms. The van der Waals surface area contributed by atoms with Crippen molar-refractivity contribution in [2.45, 2.75) is 0 Å². The number of nitrogens with one attached hydrogen (secondary N) is 1. The van der Waals surface area contributed by atoms with Gasteiger partial charge >= 0.3 is 0 Å². The summed E-state index contributed by atoms with van der Waals surface area (Å²) in [5.74, 6) is 0.566. The Balaban J connectivity index is 2.61. The summed E-state index contributed by atoms with van der Waals surface area (Å²) in [4.78, 5) is 18.7. The summed E-state index contributed by atoms with van der Waals surface area (Å²) in [5, 5.41) is 13.8. The SMILES string of the molecule is CNc1ccc([N+](=O)[O-])c(-c2ccccn2)n1. The van der Waals surface area contributed by atoms with E-state index < -0.39 is 4.92 Å². The maximum absolute atomic E-state index is 10.9. The first-order valence-corrected chi connectivity index (χ1v) is 4.97. The quantitative estimate of drug-likeness (QED) is 0.645. The lowest BCUT2D eigenvalue weighted by atomic mass is 10.2. The van der Waals surface area contributed by atoms with E-state index in [0.717, 1.165) is 0 Å². The zero-order valence-electron chi connectivity index (χ0n) is 9.12. The fourth-order valence-electron chi connectivity index (χ4n) is 1.43. The molecular formula is C11H10N4O2. The third kappa shape index (κ3) is 2.20. The topological polar surface area (TPSA) is 81.0 Å². The molecule has 0 aliphatic heterocycles. The van der Waals surface area contributed by atoms with Gasteiger partial charge in [0.1, 0.15) is 5.82 Å². The molecule has 0 aliphatic rings. The molecule has 2 aromatic rings. The highest BCUT2D eigenvalue weighted by molar-refractivity contribution is 5.68. The van der Waals surface area contributed by atoms with Gasteiger partial charge in [-0.25, -0.2) is 4.98 Å². The standard InChI is InChI=1S/C11H10N4O2/c1-12-10-6-5-9(15(16)17)11(14-10)8-4-2-3-7-13-8/h2-7H,1H3,(H,12,14). The fourth-order valence-corrected chi connectivity index (χ4v) is 1.43. The first kappa shape index (κ1) is 11.0. The Morgan fingerprint density at radius 1 is 1.29 bits per heavy atom. The normalized spacial score (nSPS) is 9.94. The number of pyridine rings is 2. The molecule has 0 aromatic carbocycles. The molecular weight excluding hydrogens is 220 g/mol. The molecule has 6 nitrogen and oxygen atoms in total. The molecule has 0 spiro atoms. The molecule has 2 rings (SSSR count). The van der Waals surface area contributed by atoms with Gasteiger partial charge in [-0.05, 0) is 18.2 Å². The van der Waals surface area contributed by atoms with E-state index in [2.05, 4.69) is 15.3 Å². The Labute approximate surface area is 97.5 Å². The van der Waals surface area contributed by atoms with Gasteiger partial charge in [0.15, 0.2) is 5.69 Å². The van der Waals surface area contributed by atoms with Gasteiger partial charge in [0.2, 0.25) is 0 Å². The van der Waals surface area contributed by atoms with Crippen molar-refractivity contribution in [3.05, 3.63) is 46.6 Å². The molecule has 0 bridgehead atoms. The maximum Gasteiger partial charge on any atom is 0.297 e. The molecule has 1 N–H and O–H groups in total. The van der Waals surface area contributed by atoms with Crippen LogP contribution in [0.5, 0.6) is 0 Å². The summed E-state index contributed by atoms with van der Waals surface area (Å²) in [5.41, 5.74) is 0.696. The minimum Gasteiger partial charge on any atom is -0.373 e. The van der Waals surface area contributed by atoms with Crippen LogP contribution < -0.4 is 5.32 Å². The summed E-state index contributed by atoms with van der Waals surface area (Å²) >= 11 is 0. The number of hydrogen-bond acceptors (Lipinski definition) is 5. The van der Waals surface area contributed by atoms with Crippen LogP contribution in [0.2, 0.25) is 0 Å². The second-order valence-electron chi connectivity index (χ2n) is 3.29. The lowest BCUT2D eigenvalue weighted by Gasteiger charge is -2.04. The first-order chi connectivity index (χ1) is 8.22. The highest BCUT2D eigenvalue weighted by Gasteiger charge is 2.18. The smallest absolute Gasteiger partial charge is 0.297 e. The predicted molar refractivity (Wildman–Crippen MR) is 63.7 cm³/mol. The van der Waals surface area contributed by atoms with E-state index >= 15 is 0 Å². The van der Waals surface area contributed by atoms with Gasteiger partial charge in [0, 0.05) is 19.3 Å². The molecule has 0 unspecified atom stereocenters. The number of nitrogens with zero attached hydrogens (tertiary/aromatic N) is 3. The van der Waals surface area contributed by atoms with Crippen molar-refractivity contribution < 1.29 is 4.92 Å². The van der Waals surface area contributed by atoms with Crippen LogP contribution in [-0.4, -0.2) is 21.9 Å². The van der Waals surface area contributed by atoms with Crippen LogP contribution in [0.15, 0.2) is 36.5 Å².